The highest BCUT2D eigenvalue weighted by Crippen LogP contribution is 2.26. The van der Waals surface area contributed by atoms with E-state index in [1.807, 2.05) is 36.6 Å². The predicted molar refractivity (Wildman–Crippen MR) is 67.8 cm³/mol. The fourth-order valence-corrected chi connectivity index (χ4v) is 2.15. The SMILES string of the molecule is Cc1ccccc1-c1csc(NC(=N)N)n1. The first kappa shape index (κ1) is 10.6. The molecular weight excluding hydrogens is 220 g/mol. The van der Waals surface area contributed by atoms with Gasteiger partial charge in [0.15, 0.2) is 11.1 Å². The molecule has 0 atom stereocenters. The molecule has 0 amide bonds. The largest absolute Gasteiger partial charge is 0.370 e. The number of hydrogen-bond acceptors (Lipinski definition) is 3. The van der Waals surface area contributed by atoms with Crippen LogP contribution >= 0.6 is 11.3 Å². The minimum Gasteiger partial charge on any atom is -0.370 e. The summed E-state index contributed by atoms with van der Waals surface area (Å²) in [6.07, 6.45) is 0. The molecule has 0 aliphatic carbocycles. The van der Waals surface area contributed by atoms with E-state index < -0.39 is 0 Å². The van der Waals surface area contributed by atoms with E-state index in [1.165, 1.54) is 16.9 Å². The summed E-state index contributed by atoms with van der Waals surface area (Å²) in [6.45, 7) is 2.05. The number of benzene rings is 1. The number of anilines is 1. The molecule has 16 heavy (non-hydrogen) atoms. The number of thiazole rings is 1. The molecule has 0 fully saturated rings. The molecular formula is C11H12N4S. The van der Waals surface area contributed by atoms with Crippen molar-refractivity contribution in [3.63, 3.8) is 0 Å². The Kier molecular flexibility index (Phi) is 2.87. The number of nitrogens with two attached hydrogens (primary N) is 1. The summed E-state index contributed by atoms with van der Waals surface area (Å²) >= 11 is 1.44. The topological polar surface area (TPSA) is 74.8 Å². The van der Waals surface area contributed by atoms with E-state index in [9.17, 15) is 0 Å². The number of aryl methyl sites for hydroxylation is 1. The number of aromatic nitrogens is 1. The van der Waals surface area contributed by atoms with Gasteiger partial charge in [0, 0.05) is 10.9 Å². The Labute approximate surface area is 97.7 Å². The summed E-state index contributed by atoms with van der Waals surface area (Å²) in [5.41, 5.74) is 8.44. The molecule has 2 aromatic rings. The van der Waals surface area contributed by atoms with Gasteiger partial charge in [-0.1, -0.05) is 24.3 Å². The fourth-order valence-electron chi connectivity index (χ4n) is 1.43. The molecule has 0 saturated carbocycles. The summed E-state index contributed by atoms with van der Waals surface area (Å²) < 4.78 is 0. The molecule has 0 aliphatic rings. The second-order valence-electron chi connectivity index (χ2n) is 3.39. The first-order valence-corrected chi connectivity index (χ1v) is 5.67. The third kappa shape index (κ3) is 2.20. The molecule has 82 valence electrons. The summed E-state index contributed by atoms with van der Waals surface area (Å²) in [7, 11) is 0. The lowest BCUT2D eigenvalue weighted by molar-refractivity contribution is 1.34. The van der Waals surface area contributed by atoms with E-state index in [0.717, 1.165) is 11.3 Å². The van der Waals surface area contributed by atoms with Crippen molar-refractivity contribution in [3.8, 4) is 11.3 Å². The van der Waals surface area contributed by atoms with Crippen LogP contribution in [-0.4, -0.2) is 10.9 Å². The van der Waals surface area contributed by atoms with Crippen molar-refractivity contribution in [2.24, 2.45) is 5.73 Å². The van der Waals surface area contributed by atoms with Gasteiger partial charge in [0.25, 0.3) is 0 Å². The average molecular weight is 232 g/mol. The van der Waals surface area contributed by atoms with Gasteiger partial charge in [-0.05, 0) is 12.5 Å². The molecule has 1 aromatic heterocycles. The summed E-state index contributed by atoms with van der Waals surface area (Å²) in [5.74, 6) is -0.0920. The van der Waals surface area contributed by atoms with Crippen LogP contribution in [0.5, 0.6) is 0 Å². The maximum atomic E-state index is 7.12. The molecule has 0 bridgehead atoms. The summed E-state index contributed by atoms with van der Waals surface area (Å²) in [5, 5.41) is 12.4. The third-order valence-electron chi connectivity index (χ3n) is 2.17. The van der Waals surface area contributed by atoms with E-state index in [-0.39, 0.29) is 5.96 Å². The van der Waals surface area contributed by atoms with Crippen LogP contribution in [0.2, 0.25) is 0 Å². The Morgan fingerprint density at radius 2 is 2.19 bits per heavy atom. The second-order valence-corrected chi connectivity index (χ2v) is 4.25. The number of nitrogens with zero attached hydrogens (tertiary/aromatic N) is 1. The van der Waals surface area contributed by atoms with Crippen molar-refractivity contribution in [1.29, 1.82) is 5.41 Å². The van der Waals surface area contributed by atoms with Gasteiger partial charge in [-0.3, -0.25) is 5.41 Å². The van der Waals surface area contributed by atoms with Crippen LogP contribution in [0.25, 0.3) is 11.3 Å². The molecule has 1 aromatic carbocycles. The molecule has 5 heteroatoms. The summed E-state index contributed by atoms with van der Waals surface area (Å²) in [6, 6.07) is 8.06. The molecule has 0 spiro atoms. The molecule has 4 N–H and O–H groups in total. The molecule has 2 rings (SSSR count). The number of nitrogens with one attached hydrogen (secondary N) is 2. The second kappa shape index (κ2) is 4.32. The number of rotatable bonds is 2. The van der Waals surface area contributed by atoms with Crippen LogP contribution in [0, 0.1) is 12.3 Å². The average Bonchev–Trinajstić information content (AvgIpc) is 2.66. The van der Waals surface area contributed by atoms with Gasteiger partial charge in [-0.15, -0.1) is 11.3 Å². The van der Waals surface area contributed by atoms with Crippen molar-refractivity contribution in [2.45, 2.75) is 6.92 Å². The van der Waals surface area contributed by atoms with Crippen molar-refractivity contribution in [3.05, 3.63) is 35.2 Å². The monoisotopic (exact) mass is 232 g/mol. The van der Waals surface area contributed by atoms with Crippen molar-refractivity contribution >= 4 is 22.4 Å². The van der Waals surface area contributed by atoms with Gasteiger partial charge < -0.3 is 11.1 Å². The third-order valence-corrected chi connectivity index (χ3v) is 2.92. The molecule has 0 unspecified atom stereocenters. The molecule has 0 saturated heterocycles. The Morgan fingerprint density at radius 3 is 2.88 bits per heavy atom. The van der Waals surface area contributed by atoms with Crippen molar-refractivity contribution < 1.29 is 0 Å². The predicted octanol–water partition coefficient (Wildman–Crippen LogP) is 2.42. The van der Waals surface area contributed by atoms with E-state index >= 15 is 0 Å². The molecule has 4 nitrogen and oxygen atoms in total. The maximum absolute atomic E-state index is 7.12. The number of guanidine groups is 1. The molecule has 1 heterocycles. The summed E-state index contributed by atoms with van der Waals surface area (Å²) in [4.78, 5) is 4.37. The normalized spacial score (nSPS) is 10.1. The zero-order valence-corrected chi connectivity index (χ0v) is 9.64. The lowest BCUT2D eigenvalue weighted by Crippen LogP contribution is -2.20. The van der Waals surface area contributed by atoms with Gasteiger partial charge in [-0.2, -0.15) is 0 Å². The minimum atomic E-state index is -0.0920. The fraction of sp³-hybridized carbons (Fsp3) is 0.0909. The van der Waals surface area contributed by atoms with Gasteiger partial charge in [0.2, 0.25) is 0 Å². The van der Waals surface area contributed by atoms with Gasteiger partial charge in [0.1, 0.15) is 0 Å². The Morgan fingerprint density at radius 1 is 1.44 bits per heavy atom. The van der Waals surface area contributed by atoms with Gasteiger partial charge in [-0.25, -0.2) is 4.98 Å². The van der Waals surface area contributed by atoms with E-state index in [1.54, 1.807) is 0 Å². The highest BCUT2D eigenvalue weighted by molar-refractivity contribution is 7.14. The lowest BCUT2D eigenvalue weighted by atomic mass is 10.1. The lowest BCUT2D eigenvalue weighted by Gasteiger charge is -2.01. The smallest absolute Gasteiger partial charge is 0.192 e. The maximum Gasteiger partial charge on any atom is 0.192 e. The van der Waals surface area contributed by atoms with Crippen molar-refractivity contribution in [2.75, 3.05) is 5.32 Å². The minimum absolute atomic E-state index is 0.0920. The standard InChI is InChI=1S/C11H12N4S/c1-7-4-2-3-5-8(7)9-6-16-11(14-9)15-10(12)13/h2-6H,1H3,(H4,12,13,14,15). The Hall–Kier alpha value is -1.88. The molecule has 0 aliphatic heterocycles. The zero-order chi connectivity index (χ0) is 11.5. The van der Waals surface area contributed by atoms with Gasteiger partial charge >= 0.3 is 0 Å². The zero-order valence-electron chi connectivity index (χ0n) is 8.82. The Bertz CT molecular complexity index is 518. The van der Waals surface area contributed by atoms with Crippen LogP contribution in [0.1, 0.15) is 5.56 Å². The van der Waals surface area contributed by atoms with E-state index in [2.05, 4.69) is 10.3 Å². The number of hydrogen-bond donors (Lipinski definition) is 3. The van der Waals surface area contributed by atoms with Crippen LogP contribution < -0.4 is 11.1 Å². The van der Waals surface area contributed by atoms with Crippen LogP contribution in [0.3, 0.4) is 0 Å². The van der Waals surface area contributed by atoms with Crippen LogP contribution in [0.4, 0.5) is 5.13 Å². The molecule has 0 radical (unpaired) electrons. The highest BCUT2D eigenvalue weighted by Gasteiger charge is 2.06. The quantitative estimate of drug-likeness (QED) is 0.550. The van der Waals surface area contributed by atoms with Crippen LogP contribution in [-0.2, 0) is 0 Å². The van der Waals surface area contributed by atoms with E-state index in [4.69, 9.17) is 11.1 Å². The Balaban J connectivity index is 2.32. The van der Waals surface area contributed by atoms with Crippen LogP contribution in [0.15, 0.2) is 29.6 Å². The van der Waals surface area contributed by atoms with E-state index in [0.29, 0.717) is 5.13 Å². The highest BCUT2D eigenvalue weighted by atomic mass is 32.1. The first-order valence-electron chi connectivity index (χ1n) is 4.79. The first-order chi connectivity index (χ1) is 7.66. The van der Waals surface area contributed by atoms with Gasteiger partial charge in [0.05, 0.1) is 5.69 Å². The van der Waals surface area contributed by atoms with Crippen molar-refractivity contribution in [1.82, 2.24) is 4.98 Å².